The molecule has 5 nitrogen and oxygen atoms in total. The number of allylic oxidation sites excluding steroid dienone is 2. The molecule has 0 spiro atoms. The average molecular weight is 388 g/mol. The summed E-state index contributed by atoms with van der Waals surface area (Å²) in [6.07, 6.45) is 6.47. The molecule has 0 aromatic heterocycles. The maximum absolute atomic E-state index is 12.9. The molecule has 3 rings (SSSR count). The summed E-state index contributed by atoms with van der Waals surface area (Å²) in [5, 5.41) is 14.3. The van der Waals surface area contributed by atoms with E-state index in [1.165, 1.54) is 6.08 Å². The number of carbonyl (C=O) groups excluding carboxylic acids is 3. The van der Waals surface area contributed by atoms with Crippen molar-refractivity contribution in [2.75, 3.05) is 0 Å². The lowest BCUT2D eigenvalue weighted by molar-refractivity contribution is -0.311. The normalized spacial score (nSPS) is 21.4. The van der Waals surface area contributed by atoms with Crippen molar-refractivity contribution >= 4 is 17.7 Å². The van der Waals surface area contributed by atoms with Crippen LogP contribution in [0, 0.1) is 5.92 Å². The molecule has 0 fully saturated rings. The monoisotopic (exact) mass is 388 g/mol. The number of hydrogen-bond acceptors (Lipinski definition) is 4. The fourth-order valence-corrected chi connectivity index (χ4v) is 3.41. The molecule has 1 N–H and O–H groups in total. The van der Waals surface area contributed by atoms with E-state index in [-0.39, 0.29) is 11.7 Å². The molecule has 5 heteroatoms. The first-order valence-electron chi connectivity index (χ1n) is 9.40. The topological polar surface area (TPSA) is 86.3 Å². The third kappa shape index (κ3) is 4.35. The van der Waals surface area contributed by atoms with Crippen LogP contribution in [-0.2, 0) is 9.59 Å². The number of aliphatic carboxylic acids is 1. The highest BCUT2D eigenvalue weighted by Crippen LogP contribution is 2.26. The molecule has 29 heavy (non-hydrogen) atoms. The first-order chi connectivity index (χ1) is 13.8. The molecule has 2 aromatic rings. The number of carbonyl (C=O) groups is 3. The molecular weight excluding hydrogens is 366 g/mol. The summed E-state index contributed by atoms with van der Waals surface area (Å²) in [6, 6.07) is 15.9. The Morgan fingerprint density at radius 2 is 1.69 bits per heavy atom. The Morgan fingerprint density at radius 1 is 1.00 bits per heavy atom. The Balaban J connectivity index is 1.80. The lowest BCUT2D eigenvalue weighted by atomic mass is 9.81. The maximum Gasteiger partial charge on any atom is 0.227 e. The van der Waals surface area contributed by atoms with Crippen LogP contribution in [0.25, 0.3) is 0 Å². The molecule has 148 valence electrons. The summed E-state index contributed by atoms with van der Waals surface area (Å²) < 4.78 is 0. The molecule has 1 aliphatic rings. The fraction of sp³-hybridized carbons (Fsp3) is 0.208. The van der Waals surface area contributed by atoms with Gasteiger partial charge in [0.05, 0.1) is 17.4 Å². The number of rotatable bonds is 6. The maximum atomic E-state index is 12.9. The van der Waals surface area contributed by atoms with Gasteiger partial charge >= 0.3 is 0 Å². The number of nitrogens with one attached hydrogen (secondary N) is 1. The van der Waals surface area contributed by atoms with Crippen LogP contribution in [0.3, 0.4) is 0 Å². The highest BCUT2D eigenvalue weighted by Gasteiger charge is 2.35. The first-order valence-corrected chi connectivity index (χ1v) is 9.40. The number of carboxylic acids is 1. The van der Waals surface area contributed by atoms with Crippen molar-refractivity contribution in [3.8, 4) is 0 Å². The zero-order chi connectivity index (χ0) is 21.0. The van der Waals surface area contributed by atoms with Gasteiger partial charge in [-0.1, -0.05) is 72.8 Å². The molecule has 3 unspecified atom stereocenters. The lowest BCUT2D eigenvalue weighted by Crippen LogP contribution is -2.56. The molecule has 0 saturated heterocycles. The van der Waals surface area contributed by atoms with Crippen LogP contribution in [0.15, 0.2) is 78.9 Å². The van der Waals surface area contributed by atoms with E-state index in [1.54, 1.807) is 80.6 Å². The molecule has 0 bridgehead atoms. The predicted molar refractivity (Wildman–Crippen MR) is 108 cm³/mol. The van der Waals surface area contributed by atoms with Crippen LogP contribution >= 0.6 is 0 Å². The van der Waals surface area contributed by atoms with Crippen LogP contribution in [-0.4, -0.2) is 23.2 Å². The highest BCUT2D eigenvalue weighted by atomic mass is 16.4. The van der Waals surface area contributed by atoms with E-state index in [1.807, 2.05) is 6.07 Å². The van der Waals surface area contributed by atoms with E-state index in [4.69, 9.17) is 0 Å². The number of carboxylic acid groups (broad SMARTS) is 1. The van der Waals surface area contributed by atoms with Gasteiger partial charge in [0.15, 0.2) is 5.78 Å². The minimum Gasteiger partial charge on any atom is -0.549 e. The largest absolute Gasteiger partial charge is 0.549 e. The van der Waals surface area contributed by atoms with Crippen LogP contribution in [0.1, 0.15) is 41.3 Å². The van der Waals surface area contributed by atoms with Crippen LogP contribution < -0.4 is 10.4 Å². The minimum absolute atomic E-state index is 0.121. The summed E-state index contributed by atoms with van der Waals surface area (Å²) in [4.78, 5) is 37.0. The lowest BCUT2D eigenvalue weighted by Gasteiger charge is -2.37. The van der Waals surface area contributed by atoms with Crippen molar-refractivity contribution < 1.29 is 19.5 Å². The number of hydrogen-bond donors (Lipinski definition) is 1. The summed E-state index contributed by atoms with van der Waals surface area (Å²) in [7, 11) is 0. The van der Waals surface area contributed by atoms with Crippen molar-refractivity contribution in [3.63, 3.8) is 0 Å². The van der Waals surface area contributed by atoms with Gasteiger partial charge in [-0.25, -0.2) is 0 Å². The quantitative estimate of drug-likeness (QED) is 0.770. The van der Waals surface area contributed by atoms with Crippen LogP contribution in [0.4, 0.5) is 0 Å². The van der Waals surface area contributed by atoms with Gasteiger partial charge in [0.25, 0.3) is 0 Å². The Hall–Kier alpha value is -3.47. The van der Waals surface area contributed by atoms with Gasteiger partial charge in [-0.2, -0.15) is 0 Å². The molecule has 0 saturated carbocycles. The second-order valence-electron chi connectivity index (χ2n) is 7.35. The van der Waals surface area contributed by atoms with Crippen molar-refractivity contribution in [2.24, 2.45) is 5.92 Å². The van der Waals surface area contributed by atoms with E-state index >= 15 is 0 Å². The highest BCUT2D eigenvalue weighted by molar-refractivity contribution is 6.09. The van der Waals surface area contributed by atoms with Crippen molar-refractivity contribution in [1.29, 1.82) is 0 Å². The Labute approximate surface area is 169 Å². The van der Waals surface area contributed by atoms with Gasteiger partial charge in [-0.05, 0) is 25.5 Å². The van der Waals surface area contributed by atoms with E-state index in [0.717, 1.165) is 0 Å². The van der Waals surface area contributed by atoms with E-state index in [2.05, 4.69) is 5.32 Å². The molecule has 1 aliphatic carbocycles. The van der Waals surface area contributed by atoms with Crippen LogP contribution in [0.5, 0.6) is 0 Å². The Morgan fingerprint density at radius 3 is 2.38 bits per heavy atom. The Kier molecular flexibility index (Phi) is 5.78. The third-order valence-electron chi connectivity index (χ3n) is 5.23. The van der Waals surface area contributed by atoms with Gasteiger partial charge < -0.3 is 15.2 Å². The number of ketones is 1. The zero-order valence-electron chi connectivity index (χ0n) is 16.3. The van der Waals surface area contributed by atoms with Crippen molar-refractivity contribution in [3.05, 3.63) is 95.6 Å². The van der Waals surface area contributed by atoms with Gasteiger partial charge in [-0.3, -0.25) is 9.59 Å². The molecule has 1 amide bonds. The zero-order valence-corrected chi connectivity index (χ0v) is 16.3. The first kappa shape index (κ1) is 20.3. The minimum atomic E-state index is -1.25. The molecule has 3 atom stereocenters. The van der Waals surface area contributed by atoms with Gasteiger partial charge in [-0.15, -0.1) is 0 Å². The van der Waals surface area contributed by atoms with Crippen molar-refractivity contribution in [1.82, 2.24) is 5.32 Å². The number of amides is 1. The van der Waals surface area contributed by atoms with Gasteiger partial charge in [0.1, 0.15) is 0 Å². The molecule has 0 aliphatic heterocycles. The van der Waals surface area contributed by atoms with Gasteiger partial charge in [0, 0.05) is 17.0 Å². The average Bonchev–Trinajstić information content (AvgIpc) is 2.73. The SMILES string of the molecule is CC(C(=O)NC1(C)C=CC=CC1C(=O)[O-])c1cccc(C(=O)c2ccccc2)c1. The van der Waals surface area contributed by atoms with Gasteiger partial charge in [0.2, 0.25) is 5.91 Å². The Bertz CT molecular complexity index is 993. The summed E-state index contributed by atoms with van der Waals surface area (Å²) in [6.45, 7) is 3.37. The molecule has 2 aromatic carbocycles. The second kappa shape index (κ2) is 8.27. The van der Waals surface area contributed by atoms with E-state index in [9.17, 15) is 19.5 Å². The predicted octanol–water partition coefficient (Wildman–Crippen LogP) is 2.39. The number of benzene rings is 2. The smallest absolute Gasteiger partial charge is 0.227 e. The third-order valence-corrected chi connectivity index (χ3v) is 5.23. The van der Waals surface area contributed by atoms with E-state index < -0.39 is 23.3 Å². The summed E-state index contributed by atoms with van der Waals surface area (Å²) in [5.41, 5.74) is 0.655. The second-order valence-corrected chi connectivity index (χ2v) is 7.35. The fourth-order valence-electron chi connectivity index (χ4n) is 3.41. The summed E-state index contributed by atoms with van der Waals surface area (Å²) >= 11 is 0. The molecule has 0 radical (unpaired) electrons. The van der Waals surface area contributed by atoms with E-state index in [0.29, 0.717) is 16.7 Å². The molecular formula is C24H22NO4-. The van der Waals surface area contributed by atoms with Crippen molar-refractivity contribution in [2.45, 2.75) is 25.3 Å². The molecule has 0 heterocycles. The summed E-state index contributed by atoms with van der Waals surface area (Å²) in [5.74, 6) is -3.24. The standard InChI is InChI=1S/C24H23NO4/c1-16(22(27)25-24(2)14-7-6-13-20(24)23(28)29)18-11-8-12-19(15-18)21(26)17-9-4-3-5-10-17/h3-16,20H,1-2H3,(H,25,27)(H,28,29)/p-1. The van der Waals surface area contributed by atoms with Crippen LogP contribution in [0.2, 0.25) is 0 Å².